The van der Waals surface area contributed by atoms with Crippen molar-refractivity contribution in [1.29, 1.82) is 0 Å². The van der Waals surface area contributed by atoms with Crippen LogP contribution in [0.4, 0.5) is 0 Å². The highest BCUT2D eigenvalue weighted by atomic mass is 16.7. The second kappa shape index (κ2) is 17.2. The Labute approximate surface area is 258 Å². The fourth-order valence-electron chi connectivity index (χ4n) is 5.36. The molecule has 2 aromatic rings. The molecule has 244 valence electrons. The van der Waals surface area contributed by atoms with Gasteiger partial charge in [-0.05, 0) is 35.4 Å². The highest BCUT2D eigenvalue weighted by molar-refractivity contribution is 5.84. The summed E-state index contributed by atoms with van der Waals surface area (Å²) in [6.07, 6.45) is -5.17. The standard InChI is InChI=1S/C32H44O12/c1-34-22-11-7-20(8-12-22)16-40-18-25-28(42-17-21-9-13-23(35-2)14-10-21)24(33)15-27(43-25)41-19-26-29(36-3)30(37-4)31(38-5)32(39-6)44-26/h7-14,25-32H,15-19H2,1-6H3/t25-,26-,27+,28+,29-,30+,31-,32+/m1/s1. The first-order chi connectivity index (χ1) is 21.4. The van der Waals surface area contributed by atoms with Crippen molar-refractivity contribution in [1.82, 2.24) is 0 Å². The Hall–Kier alpha value is -2.65. The van der Waals surface area contributed by atoms with Gasteiger partial charge in [-0.25, -0.2) is 0 Å². The van der Waals surface area contributed by atoms with Crippen LogP contribution in [0.25, 0.3) is 0 Å². The van der Waals surface area contributed by atoms with Crippen LogP contribution in [-0.2, 0) is 60.6 Å². The van der Waals surface area contributed by atoms with Crippen molar-refractivity contribution in [3.8, 4) is 11.5 Å². The van der Waals surface area contributed by atoms with Crippen LogP contribution in [0.2, 0.25) is 0 Å². The Bertz CT molecular complexity index is 1130. The first-order valence-electron chi connectivity index (χ1n) is 14.5. The van der Waals surface area contributed by atoms with Gasteiger partial charge in [-0.2, -0.15) is 0 Å². The first kappa shape index (κ1) is 34.2. The third-order valence-corrected chi connectivity index (χ3v) is 7.73. The van der Waals surface area contributed by atoms with Crippen LogP contribution >= 0.6 is 0 Å². The average molecular weight is 621 g/mol. The van der Waals surface area contributed by atoms with E-state index >= 15 is 0 Å². The number of carbonyl (C=O) groups excluding carboxylic acids is 1. The van der Waals surface area contributed by atoms with E-state index in [9.17, 15) is 4.79 Å². The number of benzene rings is 2. The molecule has 0 amide bonds. The van der Waals surface area contributed by atoms with Crippen molar-refractivity contribution in [2.45, 2.75) is 68.8 Å². The first-order valence-corrected chi connectivity index (χ1v) is 14.5. The minimum Gasteiger partial charge on any atom is -0.497 e. The molecule has 0 aromatic heterocycles. The highest BCUT2D eigenvalue weighted by Gasteiger charge is 2.48. The fraction of sp³-hybridized carbons (Fsp3) is 0.594. The molecular weight excluding hydrogens is 576 g/mol. The molecule has 4 rings (SSSR count). The van der Waals surface area contributed by atoms with Crippen LogP contribution in [0.1, 0.15) is 17.5 Å². The molecule has 0 N–H and O–H groups in total. The molecule has 44 heavy (non-hydrogen) atoms. The SMILES string of the molecule is COc1ccc(COC[C@H]2O[C@H](OC[C@H]3O[C@H](OC)[C@H](OC)[C@@H](OC)[C@@H]3OC)CC(=O)[C@@H]2OCc2ccc(OC)cc2)cc1. The normalized spacial score (nSPS) is 29.0. The lowest BCUT2D eigenvalue weighted by atomic mass is 9.98. The summed E-state index contributed by atoms with van der Waals surface area (Å²) in [6.45, 7) is 0.701. The minimum atomic E-state index is -0.846. The van der Waals surface area contributed by atoms with Gasteiger partial charge in [0, 0.05) is 28.4 Å². The molecular formula is C32H44O12. The molecule has 2 aliphatic heterocycles. The van der Waals surface area contributed by atoms with E-state index < -0.39 is 49.2 Å². The van der Waals surface area contributed by atoms with Gasteiger partial charge in [0.15, 0.2) is 18.4 Å². The molecule has 0 aliphatic carbocycles. The Morgan fingerprint density at radius 3 is 1.77 bits per heavy atom. The maximum absolute atomic E-state index is 13.4. The van der Waals surface area contributed by atoms with E-state index in [0.29, 0.717) is 6.61 Å². The molecule has 2 fully saturated rings. The summed E-state index contributed by atoms with van der Waals surface area (Å²) >= 11 is 0. The predicted octanol–water partition coefficient (Wildman–Crippen LogP) is 2.92. The Kier molecular flexibility index (Phi) is 13.3. The van der Waals surface area contributed by atoms with Gasteiger partial charge in [0.05, 0.1) is 47.1 Å². The van der Waals surface area contributed by atoms with Crippen LogP contribution in [-0.4, -0.2) is 111 Å². The lowest BCUT2D eigenvalue weighted by Crippen LogP contribution is -2.61. The largest absolute Gasteiger partial charge is 0.497 e. The molecule has 8 atom stereocenters. The zero-order chi connectivity index (χ0) is 31.5. The van der Waals surface area contributed by atoms with Crippen molar-refractivity contribution in [2.24, 2.45) is 0 Å². The van der Waals surface area contributed by atoms with Crippen molar-refractivity contribution in [3.63, 3.8) is 0 Å². The molecule has 12 heteroatoms. The van der Waals surface area contributed by atoms with Gasteiger partial charge in [-0.1, -0.05) is 24.3 Å². The molecule has 0 spiro atoms. The zero-order valence-corrected chi connectivity index (χ0v) is 26.2. The quantitative estimate of drug-likeness (QED) is 0.275. The number of carbonyl (C=O) groups is 1. The molecule has 2 saturated heterocycles. The third kappa shape index (κ3) is 8.75. The summed E-state index contributed by atoms with van der Waals surface area (Å²) in [6, 6.07) is 15.0. The van der Waals surface area contributed by atoms with Gasteiger partial charge >= 0.3 is 0 Å². The molecule has 0 bridgehead atoms. The molecule has 2 heterocycles. The van der Waals surface area contributed by atoms with Crippen LogP contribution in [0.15, 0.2) is 48.5 Å². The maximum atomic E-state index is 13.4. The number of Topliss-reactive ketones (excluding diaryl/α,β-unsaturated/α-hetero) is 1. The summed E-state index contributed by atoms with van der Waals surface area (Å²) in [5, 5.41) is 0. The fourth-order valence-corrected chi connectivity index (χ4v) is 5.36. The third-order valence-electron chi connectivity index (χ3n) is 7.73. The summed E-state index contributed by atoms with van der Waals surface area (Å²) < 4.78 is 63.4. The molecule has 0 radical (unpaired) electrons. The van der Waals surface area contributed by atoms with E-state index in [4.69, 9.17) is 52.1 Å². The Morgan fingerprint density at radius 1 is 0.636 bits per heavy atom. The van der Waals surface area contributed by atoms with Gasteiger partial charge in [0.1, 0.15) is 48.1 Å². The van der Waals surface area contributed by atoms with E-state index in [0.717, 1.165) is 22.6 Å². The number of ether oxygens (including phenoxy) is 11. The van der Waals surface area contributed by atoms with Crippen molar-refractivity contribution in [3.05, 3.63) is 59.7 Å². The molecule has 0 saturated carbocycles. The van der Waals surface area contributed by atoms with Gasteiger partial charge < -0.3 is 52.1 Å². The van der Waals surface area contributed by atoms with Crippen LogP contribution in [0.3, 0.4) is 0 Å². The van der Waals surface area contributed by atoms with Crippen molar-refractivity contribution < 1.29 is 56.9 Å². The molecule has 0 unspecified atom stereocenters. The van der Waals surface area contributed by atoms with Gasteiger partial charge in [0.25, 0.3) is 0 Å². The van der Waals surface area contributed by atoms with Crippen LogP contribution in [0.5, 0.6) is 11.5 Å². The second-order valence-corrected chi connectivity index (χ2v) is 10.4. The van der Waals surface area contributed by atoms with E-state index in [1.165, 1.54) is 7.11 Å². The van der Waals surface area contributed by atoms with E-state index in [2.05, 4.69) is 0 Å². The van der Waals surface area contributed by atoms with Crippen LogP contribution < -0.4 is 9.47 Å². The van der Waals surface area contributed by atoms with Crippen molar-refractivity contribution in [2.75, 3.05) is 55.9 Å². The highest BCUT2D eigenvalue weighted by Crippen LogP contribution is 2.29. The number of rotatable bonds is 16. The molecule has 12 nitrogen and oxygen atoms in total. The van der Waals surface area contributed by atoms with Gasteiger partial charge in [-0.15, -0.1) is 0 Å². The van der Waals surface area contributed by atoms with E-state index in [1.54, 1.807) is 35.5 Å². The van der Waals surface area contributed by atoms with Crippen LogP contribution in [0, 0.1) is 0 Å². The maximum Gasteiger partial charge on any atom is 0.186 e. The summed E-state index contributed by atoms with van der Waals surface area (Å²) in [5.74, 6) is 1.34. The average Bonchev–Trinajstić information content (AvgIpc) is 3.06. The summed E-state index contributed by atoms with van der Waals surface area (Å²) in [7, 11) is 9.45. The van der Waals surface area contributed by atoms with E-state index in [1.807, 2.05) is 48.5 Å². The minimum absolute atomic E-state index is 0.00522. The monoisotopic (exact) mass is 620 g/mol. The number of ketones is 1. The number of hydrogen-bond acceptors (Lipinski definition) is 12. The Balaban J connectivity index is 1.41. The lowest BCUT2D eigenvalue weighted by molar-refractivity contribution is -0.317. The zero-order valence-electron chi connectivity index (χ0n) is 26.2. The Morgan fingerprint density at radius 2 is 1.23 bits per heavy atom. The predicted molar refractivity (Wildman–Crippen MR) is 157 cm³/mol. The molecule has 2 aliphatic rings. The smallest absolute Gasteiger partial charge is 0.186 e. The number of hydrogen-bond donors (Lipinski definition) is 0. The summed E-state index contributed by atoms with van der Waals surface area (Å²) in [4.78, 5) is 13.4. The van der Waals surface area contributed by atoms with Gasteiger partial charge in [0.2, 0.25) is 0 Å². The van der Waals surface area contributed by atoms with Crippen molar-refractivity contribution >= 4 is 5.78 Å². The lowest BCUT2D eigenvalue weighted by Gasteiger charge is -2.44. The van der Waals surface area contributed by atoms with E-state index in [-0.39, 0.29) is 32.0 Å². The second-order valence-electron chi connectivity index (χ2n) is 10.4. The summed E-state index contributed by atoms with van der Waals surface area (Å²) in [5.41, 5.74) is 1.84. The topological polar surface area (TPSA) is 119 Å². The van der Waals surface area contributed by atoms with Gasteiger partial charge in [-0.3, -0.25) is 4.79 Å². The molecule has 2 aromatic carbocycles. The number of methoxy groups -OCH3 is 6.